The van der Waals surface area contributed by atoms with Gasteiger partial charge in [-0.15, -0.1) is 11.3 Å². The van der Waals surface area contributed by atoms with Crippen LogP contribution in [0.2, 0.25) is 0 Å². The number of carbonyl (C=O) groups excluding carboxylic acids is 2. The quantitative estimate of drug-likeness (QED) is 0.556. The number of nitrogens with two attached hydrogens (primary N) is 1. The highest BCUT2D eigenvalue weighted by Crippen LogP contribution is 2.41. The molecule has 4 N–H and O–H groups in total. The molecule has 0 radical (unpaired) electrons. The number of primary amides is 1. The fourth-order valence-electron chi connectivity index (χ4n) is 3.72. The van der Waals surface area contributed by atoms with Crippen LogP contribution in [0.1, 0.15) is 46.3 Å². The van der Waals surface area contributed by atoms with E-state index >= 15 is 0 Å². The van der Waals surface area contributed by atoms with E-state index in [1.165, 1.54) is 11.3 Å². The molecular weight excluding hydrogens is 380 g/mol. The molecule has 8 nitrogen and oxygen atoms in total. The fraction of sp³-hybridized carbons (Fsp3) is 0.684. The first-order valence-corrected chi connectivity index (χ1v) is 10.9. The van der Waals surface area contributed by atoms with E-state index in [1.807, 2.05) is 0 Å². The van der Waals surface area contributed by atoms with Gasteiger partial charge in [0.05, 0.1) is 30.3 Å². The van der Waals surface area contributed by atoms with Crippen molar-refractivity contribution in [3.63, 3.8) is 0 Å². The van der Waals surface area contributed by atoms with Crippen LogP contribution in [0.25, 0.3) is 0 Å². The van der Waals surface area contributed by atoms with E-state index in [1.54, 1.807) is 0 Å². The fourth-order valence-corrected chi connectivity index (χ4v) is 5.00. The number of hydrogen-bond acceptors (Lipinski definition) is 7. The van der Waals surface area contributed by atoms with Crippen LogP contribution in [0.4, 0.5) is 5.00 Å². The number of ether oxygens (including phenoxy) is 2. The molecule has 28 heavy (non-hydrogen) atoms. The smallest absolute Gasteiger partial charge is 0.251 e. The predicted molar refractivity (Wildman–Crippen MR) is 106 cm³/mol. The summed E-state index contributed by atoms with van der Waals surface area (Å²) in [4.78, 5) is 27.6. The van der Waals surface area contributed by atoms with Crippen LogP contribution in [0.3, 0.4) is 0 Å². The van der Waals surface area contributed by atoms with Crippen molar-refractivity contribution < 1.29 is 19.1 Å². The second kappa shape index (κ2) is 8.87. The second-order valence-corrected chi connectivity index (χ2v) is 8.59. The number of carbonyl (C=O) groups is 2. The first-order valence-electron chi connectivity index (χ1n) is 10.0. The lowest BCUT2D eigenvalue weighted by atomic mass is 10.0. The molecule has 1 aliphatic carbocycles. The van der Waals surface area contributed by atoms with Gasteiger partial charge < -0.3 is 20.5 Å². The topological polar surface area (TPSA) is 106 Å². The average molecular weight is 409 g/mol. The monoisotopic (exact) mass is 408 g/mol. The van der Waals surface area contributed by atoms with Crippen molar-refractivity contribution in [2.75, 3.05) is 51.3 Å². The van der Waals surface area contributed by atoms with Gasteiger partial charge in [-0.1, -0.05) is 0 Å². The Kier molecular flexibility index (Phi) is 6.27. The molecule has 1 unspecified atom stereocenters. The summed E-state index contributed by atoms with van der Waals surface area (Å²) in [7, 11) is 0. The molecule has 1 saturated heterocycles. The first-order chi connectivity index (χ1) is 13.6. The van der Waals surface area contributed by atoms with E-state index in [9.17, 15) is 9.59 Å². The van der Waals surface area contributed by atoms with Crippen molar-refractivity contribution in [2.24, 2.45) is 11.7 Å². The van der Waals surface area contributed by atoms with E-state index in [0.717, 1.165) is 69.1 Å². The zero-order valence-electron chi connectivity index (χ0n) is 16.0. The number of anilines is 1. The number of thiophene rings is 1. The molecule has 1 aromatic rings. The van der Waals surface area contributed by atoms with Gasteiger partial charge in [0, 0.05) is 19.0 Å². The molecule has 3 heterocycles. The summed E-state index contributed by atoms with van der Waals surface area (Å²) in [5, 5.41) is 6.94. The molecule has 9 heteroatoms. The SMILES string of the molecule is NC(=O)c1c(NC(=O)C2CC2)sc2c1CCOC2NCCCN1CCOCC1. The Morgan fingerprint density at radius 1 is 1.21 bits per heavy atom. The van der Waals surface area contributed by atoms with E-state index in [2.05, 4.69) is 15.5 Å². The van der Waals surface area contributed by atoms with Crippen LogP contribution in [0.15, 0.2) is 0 Å². The normalized spacial score (nSPS) is 22.6. The highest BCUT2D eigenvalue weighted by atomic mass is 32.1. The molecule has 1 aromatic heterocycles. The maximum Gasteiger partial charge on any atom is 0.251 e. The standard InChI is InChI=1S/C19H28N4O4S/c20-16(24)14-13-4-9-27-18(21-5-1-6-23-7-10-26-11-8-23)15(13)28-19(14)22-17(25)12-2-3-12/h12,18,21H,1-11H2,(H2,20,24)(H,22,25). The van der Waals surface area contributed by atoms with Crippen LogP contribution in [0.5, 0.6) is 0 Å². The Morgan fingerprint density at radius 3 is 2.71 bits per heavy atom. The molecule has 2 fully saturated rings. The predicted octanol–water partition coefficient (Wildman–Crippen LogP) is 1.08. The Bertz CT molecular complexity index is 728. The zero-order valence-corrected chi connectivity index (χ0v) is 16.8. The summed E-state index contributed by atoms with van der Waals surface area (Å²) in [5.41, 5.74) is 7.01. The minimum atomic E-state index is -0.489. The molecule has 2 aliphatic heterocycles. The summed E-state index contributed by atoms with van der Waals surface area (Å²) in [6.07, 6.45) is 3.21. The van der Waals surface area contributed by atoms with Crippen molar-refractivity contribution in [1.29, 1.82) is 0 Å². The lowest BCUT2D eigenvalue weighted by molar-refractivity contribution is -0.117. The van der Waals surface area contributed by atoms with Crippen LogP contribution >= 0.6 is 11.3 Å². The number of fused-ring (bicyclic) bond motifs is 1. The van der Waals surface area contributed by atoms with Gasteiger partial charge in [0.15, 0.2) is 0 Å². The molecular formula is C19H28N4O4S. The Balaban J connectivity index is 1.39. The first kappa shape index (κ1) is 19.8. The molecule has 154 valence electrons. The molecule has 0 spiro atoms. The van der Waals surface area contributed by atoms with Gasteiger partial charge in [0.25, 0.3) is 5.91 Å². The third-order valence-corrected chi connectivity index (χ3v) is 6.62. The van der Waals surface area contributed by atoms with E-state index in [-0.39, 0.29) is 18.1 Å². The number of amides is 2. The van der Waals surface area contributed by atoms with Crippen molar-refractivity contribution in [3.05, 3.63) is 16.0 Å². The third kappa shape index (κ3) is 4.55. The van der Waals surface area contributed by atoms with Crippen LogP contribution in [-0.2, 0) is 20.7 Å². The largest absolute Gasteiger partial charge is 0.379 e. The van der Waals surface area contributed by atoms with E-state index < -0.39 is 5.91 Å². The minimum Gasteiger partial charge on any atom is -0.379 e. The molecule has 1 saturated carbocycles. The van der Waals surface area contributed by atoms with Gasteiger partial charge >= 0.3 is 0 Å². The van der Waals surface area contributed by atoms with Crippen LogP contribution in [-0.4, -0.2) is 62.7 Å². The van der Waals surface area contributed by atoms with Crippen molar-refractivity contribution in [2.45, 2.75) is 31.9 Å². The van der Waals surface area contributed by atoms with Crippen molar-refractivity contribution in [1.82, 2.24) is 10.2 Å². The molecule has 3 aliphatic rings. The zero-order chi connectivity index (χ0) is 19.5. The Morgan fingerprint density at radius 2 is 2.00 bits per heavy atom. The second-order valence-electron chi connectivity index (χ2n) is 7.54. The number of nitrogens with zero attached hydrogens (tertiary/aromatic N) is 1. The highest BCUT2D eigenvalue weighted by molar-refractivity contribution is 7.17. The summed E-state index contributed by atoms with van der Waals surface area (Å²) >= 11 is 1.41. The van der Waals surface area contributed by atoms with Crippen LogP contribution < -0.4 is 16.4 Å². The van der Waals surface area contributed by atoms with Gasteiger partial charge in [-0.2, -0.15) is 0 Å². The molecule has 4 rings (SSSR count). The molecule has 0 bridgehead atoms. The maximum absolute atomic E-state index is 12.2. The minimum absolute atomic E-state index is 0.0166. The highest BCUT2D eigenvalue weighted by Gasteiger charge is 2.34. The number of rotatable bonds is 8. The van der Waals surface area contributed by atoms with Crippen molar-refractivity contribution >= 4 is 28.2 Å². The van der Waals surface area contributed by atoms with Gasteiger partial charge in [0.1, 0.15) is 11.2 Å². The molecule has 1 atom stereocenters. The van der Waals surface area contributed by atoms with Crippen molar-refractivity contribution in [3.8, 4) is 0 Å². The summed E-state index contributed by atoms with van der Waals surface area (Å²) in [6.45, 7) is 5.96. The average Bonchev–Trinajstić information content (AvgIpc) is 3.47. The number of hydrogen-bond donors (Lipinski definition) is 3. The summed E-state index contributed by atoms with van der Waals surface area (Å²) in [5.74, 6) is -0.432. The number of nitrogens with one attached hydrogen (secondary N) is 2. The summed E-state index contributed by atoms with van der Waals surface area (Å²) < 4.78 is 11.3. The lowest BCUT2D eigenvalue weighted by Gasteiger charge is -2.27. The van der Waals surface area contributed by atoms with Gasteiger partial charge in [-0.05, 0) is 44.3 Å². The van der Waals surface area contributed by atoms with Gasteiger partial charge in [-0.3, -0.25) is 19.8 Å². The third-order valence-electron chi connectivity index (χ3n) is 5.43. The van der Waals surface area contributed by atoms with E-state index in [0.29, 0.717) is 23.6 Å². The van der Waals surface area contributed by atoms with E-state index in [4.69, 9.17) is 15.2 Å². The van der Waals surface area contributed by atoms with Gasteiger partial charge in [0.2, 0.25) is 5.91 Å². The molecule has 0 aromatic carbocycles. The summed E-state index contributed by atoms with van der Waals surface area (Å²) in [6, 6.07) is 0. The number of morpholine rings is 1. The van der Waals surface area contributed by atoms with Gasteiger partial charge in [-0.25, -0.2) is 0 Å². The lowest BCUT2D eigenvalue weighted by Crippen LogP contribution is -2.38. The maximum atomic E-state index is 12.2. The van der Waals surface area contributed by atoms with Crippen LogP contribution in [0, 0.1) is 5.92 Å². The molecule has 2 amide bonds. The Labute approximate surface area is 168 Å². The Hall–Kier alpha value is -1.52.